The molecule has 14 heavy (non-hydrogen) atoms. The molecule has 0 fully saturated rings. The Kier molecular flexibility index (Phi) is 2.66. The van der Waals surface area contributed by atoms with E-state index in [2.05, 4.69) is 16.3 Å². The van der Waals surface area contributed by atoms with Crippen LogP contribution in [0.4, 0.5) is 0 Å². The average Bonchev–Trinajstić information content (AvgIpc) is 2.19. The van der Waals surface area contributed by atoms with Gasteiger partial charge in [-0.25, -0.2) is 9.97 Å². The molecule has 1 radical (unpaired) electrons. The maximum atomic E-state index is 5.76. The number of hydrogen-bond donors (Lipinski definition) is 0. The molecule has 0 aliphatic heterocycles. The molecule has 4 heteroatoms. The topological polar surface area (TPSA) is 25.8 Å². The third-order valence-electron chi connectivity index (χ3n) is 1.72. The van der Waals surface area contributed by atoms with Gasteiger partial charge >= 0.3 is 0 Å². The van der Waals surface area contributed by atoms with Crippen LogP contribution in [0.1, 0.15) is 0 Å². The second-order valence-electron chi connectivity index (χ2n) is 2.68. The van der Waals surface area contributed by atoms with Crippen molar-refractivity contribution in [1.29, 1.82) is 0 Å². The van der Waals surface area contributed by atoms with Gasteiger partial charge in [0.25, 0.3) is 0 Å². The maximum Gasteiger partial charge on any atom is 0.199 e. The summed E-state index contributed by atoms with van der Waals surface area (Å²) in [5.74, 6) is 0. The first-order chi connectivity index (χ1) is 6.75. The molecular formula is C10H5Cl2N2. The number of halogens is 2. The summed E-state index contributed by atoms with van der Waals surface area (Å²) in [5.41, 5.74) is 1.68. The average molecular weight is 224 g/mol. The van der Waals surface area contributed by atoms with Gasteiger partial charge in [0.05, 0.1) is 5.69 Å². The zero-order chi connectivity index (χ0) is 9.97. The maximum absolute atomic E-state index is 5.76. The Bertz CT molecular complexity index is 440. The molecule has 2 rings (SSSR count). The molecule has 0 amide bonds. The molecule has 2 nitrogen and oxygen atoms in total. The van der Waals surface area contributed by atoms with E-state index in [1.54, 1.807) is 18.2 Å². The van der Waals surface area contributed by atoms with Crippen molar-refractivity contribution in [2.75, 3.05) is 0 Å². The summed E-state index contributed by atoms with van der Waals surface area (Å²) in [5, 5.41) is 1.07. The van der Waals surface area contributed by atoms with Gasteiger partial charge in [0.2, 0.25) is 0 Å². The number of rotatable bonds is 1. The van der Waals surface area contributed by atoms with E-state index in [0.717, 1.165) is 11.3 Å². The zero-order valence-corrected chi connectivity index (χ0v) is 8.55. The molecule has 1 aromatic heterocycles. The number of benzene rings is 1. The number of nitrogens with zero attached hydrogens (tertiary/aromatic N) is 2. The third kappa shape index (κ3) is 2.03. The highest BCUT2D eigenvalue weighted by Crippen LogP contribution is 2.20. The molecule has 0 spiro atoms. The van der Waals surface area contributed by atoms with Crippen LogP contribution in [-0.4, -0.2) is 9.97 Å². The quantitative estimate of drug-likeness (QED) is 0.694. The molecule has 2 aromatic rings. The lowest BCUT2D eigenvalue weighted by Gasteiger charge is -1.99. The lowest BCUT2D eigenvalue weighted by molar-refractivity contribution is 1.15. The van der Waals surface area contributed by atoms with Crippen molar-refractivity contribution in [3.05, 3.63) is 46.8 Å². The van der Waals surface area contributed by atoms with E-state index < -0.39 is 0 Å². The van der Waals surface area contributed by atoms with Crippen molar-refractivity contribution < 1.29 is 0 Å². The lowest BCUT2D eigenvalue weighted by atomic mass is 10.1. The van der Waals surface area contributed by atoms with Crippen LogP contribution in [0.15, 0.2) is 30.3 Å². The van der Waals surface area contributed by atoms with Crippen molar-refractivity contribution in [1.82, 2.24) is 9.97 Å². The SMILES string of the molecule is Clc1ccc(-c2cc(Cl)n[c]n2)cc1. The van der Waals surface area contributed by atoms with E-state index in [1.807, 2.05) is 12.1 Å². The number of aromatic nitrogens is 2. The van der Waals surface area contributed by atoms with Gasteiger partial charge in [-0.1, -0.05) is 35.3 Å². The van der Waals surface area contributed by atoms with Gasteiger partial charge in [-0.3, -0.25) is 0 Å². The van der Waals surface area contributed by atoms with Crippen molar-refractivity contribution >= 4 is 23.2 Å². The molecular weight excluding hydrogens is 219 g/mol. The molecule has 0 aliphatic rings. The van der Waals surface area contributed by atoms with Crippen LogP contribution in [0.3, 0.4) is 0 Å². The van der Waals surface area contributed by atoms with Crippen LogP contribution in [0.2, 0.25) is 10.2 Å². The Hall–Kier alpha value is -1.12. The minimum atomic E-state index is 0.380. The van der Waals surface area contributed by atoms with Gasteiger partial charge in [-0.05, 0) is 12.1 Å². The van der Waals surface area contributed by atoms with Crippen LogP contribution in [0.5, 0.6) is 0 Å². The highest BCUT2D eigenvalue weighted by Gasteiger charge is 2.00. The fourth-order valence-electron chi connectivity index (χ4n) is 1.07. The first-order valence-corrected chi connectivity index (χ1v) is 4.68. The van der Waals surface area contributed by atoms with Crippen molar-refractivity contribution in [3.8, 4) is 11.3 Å². The molecule has 0 bridgehead atoms. The predicted octanol–water partition coefficient (Wildman–Crippen LogP) is 3.25. The Morgan fingerprint density at radius 1 is 1.00 bits per heavy atom. The van der Waals surface area contributed by atoms with E-state index in [4.69, 9.17) is 23.2 Å². The molecule has 1 aromatic carbocycles. The summed E-state index contributed by atoms with van der Waals surface area (Å²) < 4.78 is 0. The summed E-state index contributed by atoms with van der Waals surface area (Å²) in [6, 6.07) is 9.02. The van der Waals surface area contributed by atoms with E-state index in [-0.39, 0.29) is 0 Å². The van der Waals surface area contributed by atoms with Crippen molar-refractivity contribution in [2.45, 2.75) is 0 Å². The second kappa shape index (κ2) is 3.95. The number of hydrogen-bond acceptors (Lipinski definition) is 2. The predicted molar refractivity (Wildman–Crippen MR) is 56.3 cm³/mol. The molecule has 69 valence electrons. The van der Waals surface area contributed by atoms with E-state index >= 15 is 0 Å². The summed E-state index contributed by atoms with van der Waals surface area (Å²) in [6.07, 6.45) is 2.48. The van der Waals surface area contributed by atoms with Crippen LogP contribution in [-0.2, 0) is 0 Å². The Morgan fingerprint density at radius 3 is 2.36 bits per heavy atom. The van der Waals surface area contributed by atoms with Gasteiger partial charge < -0.3 is 0 Å². The summed E-state index contributed by atoms with van der Waals surface area (Å²) >= 11 is 11.5. The second-order valence-corrected chi connectivity index (χ2v) is 3.51. The molecule has 1 heterocycles. The highest BCUT2D eigenvalue weighted by molar-refractivity contribution is 6.30. The fraction of sp³-hybridized carbons (Fsp3) is 0. The standard InChI is InChI=1S/C10H5Cl2N2/c11-8-3-1-7(2-4-8)9-5-10(12)14-6-13-9/h1-5H. The zero-order valence-electron chi connectivity index (χ0n) is 7.04. The molecule has 0 unspecified atom stereocenters. The van der Waals surface area contributed by atoms with Crippen LogP contribution in [0, 0.1) is 6.33 Å². The summed E-state index contributed by atoms with van der Waals surface area (Å²) in [4.78, 5) is 7.66. The Morgan fingerprint density at radius 2 is 1.71 bits per heavy atom. The molecule has 0 aliphatic carbocycles. The third-order valence-corrected chi connectivity index (χ3v) is 2.17. The summed E-state index contributed by atoms with van der Waals surface area (Å²) in [7, 11) is 0. The minimum absolute atomic E-state index is 0.380. The van der Waals surface area contributed by atoms with E-state index in [9.17, 15) is 0 Å². The fourth-order valence-corrected chi connectivity index (χ4v) is 1.34. The van der Waals surface area contributed by atoms with Gasteiger partial charge in [0.15, 0.2) is 6.33 Å². The van der Waals surface area contributed by atoms with Crippen LogP contribution in [0.25, 0.3) is 11.3 Å². The van der Waals surface area contributed by atoms with E-state index in [0.29, 0.717) is 10.2 Å². The Labute approximate surface area is 91.5 Å². The van der Waals surface area contributed by atoms with Crippen molar-refractivity contribution in [3.63, 3.8) is 0 Å². The smallest absolute Gasteiger partial charge is 0.199 e. The van der Waals surface area contributed by atoms with Gasteiger partial charge in [-0.15, -0.1) is 0 Å². The Balaban J connectivity index is 2.44. The largest absolute Gasteiger partial charge is 0.225 e. The molecule has 0 atom stereocenters. The normalized spacial score (nSPS) is 10.1. The highest BCUT2D eigenvalue weighted by atomic mass is 35.5. The van der Waals surface area contributed by atoms with Gasteiger partial charge in [-0.2, -0.15) is 0 Å². The summed E-state index contributed by atoms with van der Waals surface area (Å²) in [6.45, 7) is 0. The van der Waals surface area contributed by atoms with Crippen LogP contribution >= 0.6 is 23.2 Å². The van der Waals surface area contributed by atoms with E-state index in [1.165, 1.54) is 0 Å². The van der Waals surface area contributed by atoms with Crippen molar-refractivity contribution in [2.24, 2.45) is 0 Å². The van der Waals surface area contributed by atoms with Crippen LogP contribution < -0.4 is 0 Å². The van der Waals surface area contributed by atoms with Gasteiger partial charge in [0.1, 0.15) is 5.15 Å². The molecule has 0 N–H and O–H groups in total. The minimum Gasteiger partial charge on any atom is -0.225 e. The molecule has 0 saturated carbocycles. The monoisotopic (exact) mass is 223 g/mol. The first-order valence-electron chi connectivity index (χ1n) is 3.92. The first kappa shape index (κ1) is 9.44. The lowest BCUT2D eigenvalue weighted by Crippen LogP contribution is -1.85. The van der Waals surface area contributed by atoms with Gasteiger partial charge in [0, 0.05) is 16.7 Å². The molecule has 0 saturated heterocycles.